The third-order valence-electron chi connectivity index (χ3n) is 3.97. The van der Waals surface area contributed by atoms with Crippen LogP contribution in [-0.2, 0) is 0 Å². The van der Waals surface area contributed by atoms with Gasteiger partial charge in [0.2, 0.25) is 0 Å². The lowest BCUT2D eigenvalue weighted by Gasteiger charge is -2.33. The number of nitrogen functional groups attached to an aromatic ring is 1. The second kappa shape index (κ2) is 6.39. The van der Waals surface area contributed by atoms with E-state index < -0.39 is 0 Å². The Labute approximate surface area is 121 Å². The number of nitrogens with one attached hydrogen (secondary N) is 1. The number of hydrogen-bond acceptors (Lipinski definition) is 5. The van der Waals surface area contributed by atoms with Crippen molar-refractivity contribution >= 4 is 11.6 Å². The molecule has 3 N–H and O–H groups in total. The molecule has 1 aromatic heterocycles. The summed E-state index contributed by atoms with van der Waals surface area (Å²) in [6.07, 6.45) is 5.18. The number of hydrazine groups is 1. The monoisotopic (exact) mass is 277 g/mol. The summed E-state index contributed by atoms with van der Waals surface area (Å²) in [5.41, 5.74) is 3.74. The van der Waals surface area contributed by atoms with Crippen LogP contribution in [0.1, 0.15) is 50.9 Å². The Morgan fingerprint density at radius 2 is 1.90 bits per heavy atom. The molecule has 20 heavy (non-hydrogen) atoms. The lowest BCUT2D eigenvalue weighted by Crippen LogP contribution is -2.38. The molecule has 0 radical (unpaired) electrons. The van der Waals surface area contributed by atoms with E-state index >= 15 is 0 Å². The first-order chi connectivity index (χ1) is 9.52. The molecule has 1 aliphatic rings. The van der Waals surface area contributed by atoms with Gasteiger partial charge >= 0.3 is 0 Å². The van der Waals surface area contributed by atoms with Gasteiger partial charge in [0.25, 0.3) is 0 Å². The fourth-order valence-electron chi connectivity index (χ4n) is 3.05. The summed E-state index contributed by atoms with van der Waals surface area (Å²) in [5.74, 6) is 8.75. The first-order valence-corrected chi connectivity index (χ1v) is 7.61. The number of hydrogen-bond donors (Lipinski definition) is 2. The van der Waals surface area contributed by atoms with E-state index in [-0.39, 0.29) is 0 Å². The summed E-state index contributed by atoms with van der Waals surface area (Å²) >= 11 is 0. The van der Waals surface area contributed by atoms with Gasteiger partial charge in [0.1, 0.15) is 17.5 Å². The summed E-state index contributed by atoms with van der Waals surface area (Å²) in [6, 6.07) is 0.607. The van der Waals surface area contributed by atoms with Crippen molar-refractivity contribution in [2.24, 2.45) is 11.8 Å². The molecule has 0 bridgehead atoms. The second-order valence-corrected chi connectivity index (χ2v) is 6.20. The number of anilines is 2. The molecule has 5 nitrogen and oxygen atoms in total. The van der Waals surface area contributed by atoms with Crippen LogP contribution < -0.4 is 16.2 Å². The molecule has 0 saturated heterocycles. The minimum absolute atomic E-state index is 0.607. The molecular weight excluding hydrogens is 250 g/mol. The van der Waals surface area contributed by atoms with Gasteiger partial charge in [-0.3, -0.25) is 0 Å². The van der Waals surface area contributed by atoms with Crippen LogP contribution in [0.25, 0.3) is 0 Å². The first kappa shape index (κ1) is 15.0. The van der Waals surface area contributed by atoms with Gasteiger partial charge < -0.3 is 10.3 Å². The Bertz CT molecular complexity index is 452. The molecule has 1 aromatic rings. The highest BCUT2D eigenvalue weighted by Crippen LogP contribution is 2.31. The van der Waals surface area contributed by atoms with Crippen molar-refractivity contribution in [1.29, 1.82) is 0 Å². The SMILES string of the molecule is Cc1nc(NN)c(C)c(N(CC(C)C)C2CCCC2)n1. The quantitative estimate of drug-likeness (QED) is 0.640. The summed E-state index contributed by atoms with van der Waals surface area (Å²) in [4.78, 5) is 11.5. The van der Waals surface area contributed by atoms with Gasteiger partial charge in [0, 0.05) is 18.2 Å². The predicted octanol–water partition coefficient (Wildman–Crippen LogP) is 2.78. The van der Waals surface area contributed by atoms with Crippen molar-refractivity contribution in [2.45, 2.75) is 59.4 Å². The van der Waals surface area contributed by atoms with Gasteiger partial charge in [-0.1, -0.05) is 26.7 Å². The maximum Gasteiger partial charge on any atom is 0.148 e. The van der Waals surface area contributed by atoms with E-state index in [1.807, 2.05) is 13.8 Å². The standard InChI is InChI=1S/C15H27N5/c1-10(2)9-20(13-7-5-6-8-13)15-11(3)14(19-16)17-12(4)18-15/h10,13H,5-9,16H2,1-4H3,(H,17,18,19). The van der Waals surface area contributed by atoms with Crippen molar-refractivity contribution in [2.75, 3.05) is 16.9 Å². The number of aromatic nitrogens is 2. The van der Waals surface area contributed by atoms with Crippen LogP contribution in [0.15, 0.2) is 0 Å². The Morgan fingerprint density at radius 1 is 1.25 bits per heavy atom. The average molecular weight is 277 g/mol. The Balaban J connectivity index is 2.39. The van der Waals surface area contributed by atoms with Crippen molar-refractivity contribution in [3.05, 3.63) is 11.4 Å². The van der Waals surface area contributed by atoms with Crippen LogP contribution in [0, 0.1) is 19.8 Å². The minimum Gasteiger partial charge on any atom is -0.353 e. The molecule has 2 rings (SSSR count). The third-order valence-corrected chi connectivity index (χ3v) is 3.97. The normalized spacial score (nSPS) is 15.9. The van der Waals surface area contributed by atoms with E-state index in [4.69, 9.17) is 10.8 Å². The zero-order valence-electron chi connectivity index (χ0n) is 13.1. The molecule has 1 fully saturated rings. The lowest BCUT2D eigenvalue weighted by atomic mass is 10.1. The van der Waals surface area contributed by atoms with E-state index in [0.29, 0.717) is 12.0 Å². The fourth-order valence-corrected chi connectivity index (χ4v) is 3.05. The fraction of sp³-hybridized carbons (Fsp3) is 0.733. The first-order valence-electron chi connectivity index (χ1n) is 7.61. The van der Waals surface area contributed by atoms with E-state index in [1.54, 1.807) is 0 Å². The van der Waals surface area contributed by atoms with E-state index in [0.717, 1.165) is 29.6 Å². The van der Waals surface area contributed by atoms with Crippen molar-refractivity contribution in [1.82, 2.24) is 9.97 Å². The maximum atomic E-state index is 5.58. The van der Waals surface area contributed by atoms with Crippen LogP contribution in [0.2, 0.25) is 0 Å². The molecule has 0 amide bonds. The van der Waals surface area contributed by atoms with Crippen molar-refractivity contribution in [3.8, 4) is 0 Å². The van der Waals surface area contributed by atoms with Gasteiger partial charge in [-0.05, 0) is 32.6 Å². The largest absolute Gasteiger partial charge is 0.353 e. The summed E-state index contributed by atoms with van der Waals surface area (Å²) < 4.78 is 0. The molecule has 0 spiro atoms. The number of rotatable bonds is 5. The van der Waals surface area contributed by atoms with E-state index in [9.17, 15) is 0 Å². The molecule has 0 unspecified atom stereocenters. The molecule has 0 atom stereocenters. The molecule has 112 valence electrons. The molecular formula is C15H27N5. The van der Waals surface area contributed by atoms with Crippen LogP contribution >= 0.6 is 0 Å². The van der Waals surface area contributed by atoms with Crippen LogP contribution in [0.5, 0.6) is 0 Å². The molecule has 1 aliphatic carbocycles. The second-order valence-electron chi connectivity index (χ2n) is 6.20. The summed E-state index contributed by atoms with van der Waals surface area (Å²) in [7, 11) is 0. The summed E-state index contributed by atoms with van der Waals surface area (Å²) in [5, 5.41) is 0. The lowest BCUT2D eigenvalue weighted by molar-refractivity contribution is 0.529. The number of nitrogens with two attached hydrogens (primary N) is 1. The van der Waals surface area contributed by atoms with E-state index in [1.165, 1.54) is 25.7 Å². The Morgan fingerprint density at radius 3 is 2.45 bits per heavy atom. The topological polar surface area (TPSA) is 67.1 Å². The van der Waals surface area contributed by atoms with Gasteiger partial charge in [-0.15, -0.1) is 0 Å². The van der Waals surface area contributed by atoms with Gasteiger partial charge in [0.15, 0.2) is 0 Å². The minimum atomic E-state index is 0.607. The maximum absolute atomic E-state index is 5.58. The predicted molar refractivity (Wildman–Crippen MR) is 83.8 cm³/mol. The van der Waals surface area contributed by atoms with Gasteiger partial charge in [-0.2, -0.15) is 0 Å². The average Bonchev–Trinajstić information content (AvgIpc) is 2.92. The molecule has 0 aromatic carbocycles. The molecule has 5 heteroatoms. The third kappa shape index (κ3) is 3.20. The molecule has 1 saturated carbocycles. The molecule has 0 aliphatic heterocycles. The van der Waals surface area contributed by atoms with Crippen LogP contribution in [-0.4, -0.2) is 22.6 Å². The van der Waals surface area contributed by atoms with Gasteiger partial charge in [0.05, 0.1) is 0 Å². The summed E-state index contributed by atoms with van der Waals surface area (Å²) in [6.45, 7) is 9.52. The Kier molecular flexibility index (Phi) is 4.81. The van der Waals surface area contributed by atoms with Crippen molar-refractivity contribution in [3.63, 3.8) is 0 Å². The number of aryl methyl sites for hydroxylation is 1. The zero-order chi connectivity index (χ0) is 14.7. The highest BCUT2D eigenvalue weighted by molar-refractivity contribution is 5.58. The zero-order valence-corrected chi connectivity index (χ0v) is 13.1. The van der Waals surface area contributed by atoms with E-state index in [2.05, 4.69) is 29.2 Å². The molecule has 1 heterocycles. The smallest absolute Gasteiger partial charge is 0.148 e. The van der Waals surface area contributed by atoms with Crippen LogP contribution in [0.3, 0.4) is 0 Å². The number of nitrogens with zero attached hydrogens (tertiary/aromatic N) is 3. The Hall–Kier alpha value is -1.36. The highest BCUT2D eigenvalue weighted by atomic mass is 15.3. The van der Waals surface area contributed by atoms with Crippen molar-refractivity contribution < 1.29 is 0 Å². The highest BCUT2D eigenvalue weighted by Gasteiger charge is 2.26. The van der Waals surface area contributed by atoms with Crippen LogP contribution in [0.4, 0.5) is 11.6 Å². The van der Waals surface area contributed by atoms with Gasteiger partial charge in [-0.25, -0.2) is 15.8 Å².